The van der Waals surface area contributed by atoms with Crippen LogP contribution in [0.2, 0.25) is 0 Å². The maximum atomic E-state index is 12.2. The highest BCUT2D eigenvalue weighted by Gasteiger charge is 2.36. The standard InChI is InChI=1S/C8H3F5N2/c9-7(10)5-2-1-4(3-14)6(15-5)8(11,12)13/h1-2,7H. The molecule has 0 bridgehead atoms. The minimum atomic E-state index is -4.91. The van der Waals surface area contributed by atoms with E-state index in [1.54, 1.807) is 0 Å². The second kappa shape index (κ2) is 3.81. The first-order valence-corrected chi connectivity index (χ1v) is 3.62. The predicted octanol–water partition coefficient (Wildman–Crippen LogP) is 2.91. The summed E-state index contributed by atoms with van der Waals surface area (Å²) in [6, 6.07) is 2.61. The van der Waals surface area contributed by atoms with Crippen LogP contribution in [0.5, 0.6) is 0 Å². The first-order chi connectivity index (χ1) is 6.86. The summed E-state index contributed by atoms with van der Waals surface area (Å²) in [6.07, 6.45) is -8.01. The number of nitrogens with zero attached hydrogens (tertiary/aromatic N) is 2. The van der Waals surface area contributed by atoms with E-state index in [0.29, 0.717) is 12.1 Å². The van der Waals surface area contributed by atoms with Crippen molar-refractivity contribution in [1.29, 1.82) is 5.26 Å². The van der Waals surface area contributed by atoms with Crippen LogP contribution in [0.3, 0.4) is 0 Å². The van der Waals surface area contributed by atoms with Gasteiger partial charge in [0, 0.05) is 0 Å². The van der Waals surface area contributed by atoms with E-state index in [1.165, 1.54) is 6.07 Å². The van der Waals surface area contributed by atoms with Gasteiger partial charge in [-0.3, -0.25) is 0 Å². The van der Waals surface area contributed by atoms with Crippen LogP contribution in [0.4, 0.5) is 22.0 Å². The molecule has 0 aliphatic rings. The van der Waals surface area contributed by atoms with Crippen molar-refractivity contribution in [2.24, 2.45) is 0 Å². The van der Waals surface area contributed by atoms with Crippen molar-refractivity contribution in [3.63, 3.8) is 0 Å². The zero-order valence-corrected chi connectivity index (χ0v) is 7.02. The van der Waals surface area contributed by atoms with E-state index in [4.69, 9.17) is 5.26 Å². The predicted molar refractivity (Wildman–Crippen MR) is 38.9 cm³/mol. The number of nitriles is 1. The van der Waals surface area contributed by atoms with Gasteiger partial charge in [0.25, 0.3) is 6.43 Å². The summed E-state index contributed by atoms with van der Waals surface area (Å²) in [5, 5.41) is 8.33. The lowest BCUT2D eigenvalue weighted by atomic mass is 10.2. The van der Waals surface area contributed by atoms with Crippen LogP contribution in [-0.2, 0) is 6.18 Å². The van der Waals surface area contributed by atoms with Gasteiger partial charge < -0.3 is 0 Å². The zero-order chi connectivity index (χ0) is 11.6. The van der Waals surface area contributed by atoms with E-state index in [0.717, 1.165) is 0 Å². The molecule has 0 fully saturated rings. The number of hydrogen-bond donors (Lipinski definition) is 0. The van der Waals surface area contributed by atoms with Crippen LogP contribution in [0.25, 0.3) is 0 Å². The molecule has 0 unspecified atom stereocenters. The van der Waals surface area contributed by atoms with Gasteiger partial charge >= 0.3 is 6.18 Å². The Morgan fingerprint density at radius 2 is 1.87 bits per heavy atom. The normalized spacial score (nSPS) is 11.5. The summed E-state index contributed by atoms with van der Waals surface area (Å²) >= 11 is 0. The lowest BCUT2D eigenvalue weighted by Gasteiger charge is -2.08. The molecule has 80 valence electrons. The molecule has 1 rings (SSSR count). The molecule has 15 heavy (non-hydrogen) atoms. The molecular weight excluding hydrogens is 219 g/mol. The fourth-order valence-corrected chi connectivity index (χ4v) is 0.902. The largest absolute Gasteiger partial charge is 0.434 e. The second-order valence-corrected chi connectivity index (χ2v) is 2.54. The fraction of sp³-hybridized carbons (Fsp3) is 0.250. The maximum Gasteiger partial charge on any atom is 0.434 e. The molecular formula is C8H3F5N2. The van der Waals surface area contributed by atoms with Crippen molar-refractivity contribution < 1.29 is 22.0 Å². The third kappa shape index (κ3) is 2.40. The first-order valence-electron chi connectivity index (χ1n) is 3.62. The van der Waals surface area contributed by atoms with Crippen molar-refractivity contribution in [2.75, 3.05) is 0 Å². The van der Waals surface area contributed by atoms with E-state index >= 15 is 0 Å². The Bertz CT molecular complexity index is 404. The van der Waals surface area contributed by atoms with Crippen LogP contribution >= 0.6 is 0 Å². The Morgan fingerprint density at radius 1 is 1.27 bits per heavy atom. The quantitative estimate of drug-likeness (QED) is 0.685. The van der Waals surface area contributed by atoms with E-state index in [-0.39, 0.29) is 0 Å². The van der Waals surface area contributed by atoms with Crippen LogP contribution < -0.4 is 0 Å². The third-order valence-corrected chi connectivity index (χ3v) is 1.53. The highest BCUT2D eigenvalue weighted by Crippen LogP contribution is 2.31. The van der Waals surface area contributed by atoms with Gasteiger partial charge in [-0.15, -0.1) is 0 Å². The molecule has 0 spiro atoms. The third-order valence-electron chi connectivity index (χ3n) is 1.53. The molecule has 0 aromatic carbocycles. The van der Waals surface area contributed by atoms with E-state index in [1.807, 2.05) is 0 Å². The summed E-state index contributed by atoms with van der Waals surface area (Å²) in [5.74, 6) is 0. The summed E-state index contributed by atoms with van der Waals surface area (Å²) < 4.78 is 60.8. The Balaban J connectivity index is 3.34. The fourth-order valence-electron chi connectivity index (χ4n) is 0.902. The average molecular weight is 222 g/mol. The van der Waals surface area contributed by atoms with Crippen LogP contribution in [0.1, 0.15) is 23.4 Å². The first kappa shape index (κ1) is 11.4. The molecule has 0 saturated carbocycles. The van der Waals surface area contributed by atoms with Crippen LogP contribution in [0.15, 0.2) is 12.1 Å². The summed E-state index contributed by atoms with van der Waals surface area (Å²) in [7, 11) is 0. The Labute approximate surface area is 81.0 Å². The molecule has 0 N–H and O–H groups in total. The number of aromatic nitrogens is 1. The molecule has 1 aromatic heterocycles. The molecule has 0 atom stereocenters. The second-order valence-electron chi connectivity index (χ2n) is 2.54. The molecule has 1 aromatic rings. The lowest BCUT2D eigenvalue weighted by Crippen LogP contribution is -2.12. The van der Waals surface area contributed by atoms with E-state index < -0.39 is 29.6 Å². The average Bonchev–Trinajstić information content (AvgIpc) is 2.15. The van der Waals surface area contributed by atoms with Gasteiger partial charge in [0.05, 0.1) is 5.56 Å². The van der Waals surface area contributed by atoms with Gasteiger partial charge in [0.1, 0.15) is 11.8 Å². The number of alkyl halides is 5. The highest BCUT2D eigenvalue weighted by atomic mass is 19.4. The molecule has 0 radical (unpaired) electrons. The molecule has 0 saturated heterocycles. The van der Waals surface area contributed by atoms with Crippen molar-refractivity contribution in [2.45, 2.75) is 12.6 Å². The molecule has 7 heteroatoms. The minimum Gasteiger partial charge on any atom is -0.241 e. The molecule has 0 aliphatic carbocycles. The number of pyridine rings is 1. The van der Waals surface area contributed by atoms with Gasteiger partial charge in [-0.05, 0) is 12.1 Å². The van der Waals surface area contributed by atoms with E-state index in [2.05, 4.69) is 4.98 Å². The number of hydrogen-bond acceptors (Lipinski definition) is 2. The highest BCUT2D eigenvalue weighted by molar-refractivity contribution is 5.36. The molecule has 0 amide bonds. The molecule has 2 nitrogen and oxygen atoms in total. The Morgan fingerprint density at radius 3 is 2.27 bits per heavy atom. The zero-order valence-electron chi connectivity index (χ0n) is 7.02. The maximum absolute atomic E-state index is 12.2. The number of rotatable bonds is 1. The minimum absolute atomic E-state index is 0.678. The van der Waals surface area contributed by atoms with Gasteiger partial charge in [-0.25, -0.2) is 13.8 Å². The van der Waals surface area contributed by atoms with Crippen molar-refractivity contribution in [3.05, 3.63) is 29.1 Å². The van der Waals surface area contributed by atoms with Gasteiger partial charge in [0.15, 0.2) is 5.69 Å². The van der Waals surface area contributed by atoms with Crippen molar-refractivity contribution in [3.8, 4) is 6.07 Å². The number of halogens is 5. The van der Waals surface area contributed by atoms with Crippen LogP contribution in [0, 0.1) is 11.3 Å². The molecule has 1 heterocycles. The van der Waals surface area contributed by atoms with Crippen LogP contribution in [-0.4, -0.2) is 4.98 Å². The summed E-state index contributed by atoms with van der Waals surface area (Å²) in [6.45, 7) is 0. The van der Waals surface area contributed by atoms with Crippen molar-refractivity contribution >= 4 is 0 Å². The van der Waals surface area contributed by atoms with Gasteiger partial charge in [-0.1, -0.05) is 0 Å². The van der Waals surface area contributed by atoms with Crippen molar-refractivity contribution in [1.82, 2.24) is 4.98 Å². The monoisotopic (exact) mass is 222 g/mol. The summed E-state index contributed by atoms with van der Waals surface area (Å²) in [4.78, 5) is 2.72. The van der Waals surface area contributed by atoms with Gasteiger partial charge in [0.2, 0.25) is 0 Å². The Kier molecular flexibility index (Phi) is 2.88. The van der Waals surface area contributed by atoms with Gasteiger partial charge in [-0.2, -0.15) is 18.4 Å². The Hall–Kier alpha value is -1.71. The smallest absolute Gasteiger partial charge is 0.241 e. The summed E-state index contributed by atoms with van der Waals surface area (Å²) in [5.41, 5.74) is -3.35. The molecule has 0 aliphatic heterocycles. The SMILES string of the molecule is N#Cc1ccc(C(F)F)nc1C(F)(F)F. The lowest BCUT2D eigenvalue weighted by molar-refractivity contribution is -0.141. The topological polar surface area (TPSA) is 36.7 Å². The van der Waals surface area contributed by atoms with E-state index in [9.17, 15) is 22.0 Å².